The predicted molar refractivity (Wildman–Crippen MR) is 88.0 cm³/mol. The van der Waals surface area contributed by atoms with Crippen LogP contribution in [0.4, 0.5) is 11.4 Å². The average Bonchev–Trinajstić information content (AvgIpc) is 2.47. The summed E-state index contributed by atoms with van der Waals surface area (Å²) < 4.78 is 17.0. The Morgan fingerprint density at radius 2 is 2.19 bits per heavy atom. The summed E-state index contributed by atoms with van der Waals surface area (Å²) >= 11 is 0. The van der Waals surface area contributed by atoms with E-state index in [4.69, 9.17) is 10.5 Å². The molecular weight excluding hydrogens is 288 g/mol. The predicted octanol–water partition coefficient (Wildman–Crippen LogP) is 2.54. The maximum atomic E-state index is 11.9. The van der Waals surface area contributed by atoms with E-state index in [2.05, 4.69) is 5.32 Å². The number of anilines is 2. The number of carbonyl (C=O) groups excluding carboxylic acids is 1. The van der Waals surface area contributed by atoms with Crippen LogP contribution in [0.1, 0.15) is 33.1 Å². The number of nitrogen functional groups attached to an aromatic ring is 1. The van der Waals surface area contributed by atoms with E-state index in [9.17, 15) is 9.00 Å². The van der Waals surface area contributed by atoms with E-state index in [1.54, 1.807) is 18.2 Å². The monoisotopic (exact) mass is 312 g/mol. The molecule has 0 aromatic heterocycles. The lowest BCUT2D eigenvalue weighted by Gasteiger charge is -2.11. The van der Waals surface area contributed by atoms with E-state index in [0.717, 1.165) is 6.42 Å². The summed E-state index contributed by atoms with van der Waals surface area (Å²) in [7, 11) is 0.669. The van der Waals surface area contributed by atoms with Gasteiger partial charge >= 0.3 is 0 Å². The molecule has 0 fully saturated rings. The third-order valence-electron chi connectivity index (χ3n) is 3.27. The lowest BCUT2D eigenvalue weighted by atomic mass is 10.2. The van der Waals surface area contributed by atoms with Crippen molar-refractivity contribution < 1.29 is 13.7 Å². The number of rotatable bonds is 8. The van der Waals surface area contributed by atoms with Gasteiger partial charge in [-0.1, -0.05) is 13.8 Å². The smallest absolute Gasteiger partial charge is 0.224 e. The quantitative estimate of drug-likeness (QED) is 0.723. The van der Waals surface area contributed by atoms with Gasteiger partial charge in [-0.15, -0.1) is 0 Å². The first-order valence-electron chi connectivity index (χ1n) is 7.08. The number of hydrogen-bond donors (Lipinski definition) is 2. The van der Waals surface area contributed by atoms with Crippen molar-refractivity contribution in [3.05, 3.63) is 18.2 Å². The number of amides is 1. The van der Waals surface area contributed by atoms with Gasteiger partial charge < -0.3 is 15.8 Å². The molecule has 0 spiro atoms. The minimum atomic E-state index is -0.858. The van der Waals surface area contributed by atoms with Crippen molar-refractivity contribution in [3.63, 3.8) is 0 Å². The van der Waals surface area contributed by atoms with Crippen LogP contribution in [0.15, 0.2) is 18.2 Å². The number of methoxy groups -OCH3 is 1. The molecule has 1 rings (SSSR count). The molecular formula is C15H24N2O3S. The van der Waals surface area contributed by atoms with E-state index in [1.165, 1.54) is 7.11 Å². The average molecular weight is 312 g/mol. The lowest BCUT2D eigenvalue weighted by Crippen LogP contribution is -2.16. The minimum absolute atomic E-state index is 0.112. The maximum Gasteiger partial charge on any atom is 0.224 e. The van der Waals surface area contributed by atoms with Crippen LogP contribution in [-0.2, 0) is 15.6 Å². The Hall–Kier alpha value is -1.56. The van der Waals surface area contributed by atoms with Gasteiger partial charge in [0.05, 0.1) is 12.8 Å². The molecule has 118 valence electrons. The number of nitrogens with two attached hydrogens (primary N) is 1. The highest BCUT2D eigenvalue weighted by Crippen LogP contribution is 2.26. The Bertz CT molecular complexity index is 506. The summed E-state index contributed by atoms with van der Waals surface area (Å²) in [5.74, 6) is 0.979. The fourth-order valence-corrected chi connectivity index (χ4v) is 2.99. The Balaban J connectivity index is 2.46. The summed E-state index contributed by atoms with van der Waals surface area (Å²) in [6.07, 6.45) is 1.84. The van der Waals surface area contributed by atoms with E-state index >= 15 is 0 Å². The second-order valence-electron chi connectivity index (χ2n) is 4.92. The topological polar surface area (TPSA) is 81.4 Å². The van der Waals surface area contributed by atoms with Crippen LogP contribution in [0.25, 0.3) is 0 Å². The Kier molecular flexibility index (Phi) is 7.22. The first-order chi connectivity index (χ1) is 9.97. The number of benzene rings is 1. The normalized spacial score (nSPS) is 13.5. The standard InChI is InChI=1S/C15H24N2O3S/c1-4-11(2)21(19)9-5-6-15(18)17-13-8-7-12(16)10-14(13)20-3/h7-8,10-11H,4-6,9,16H2,1-3H3,(H,17,18). The number of carbonyl (C=O) groups is 1. The van der Waals surface area contributed by atoms with Crippen LogP contribution in [0, 0.1) is 0 Å². The van der Waals surface area contributed by atoms with Crippen LogP contribution in [-0.4, -0.2) is 28.2 Å². The molecule has 6 heteroatoms. The third-order valence-corrected chi connectivity index (χ3v) is 5.19. The summed E-state index contributed by atoms with van der Waals surface area (Å²) in [4.78, 5) is 11.9. The number of ether oxygens (including phenoxy) is 1. The molecule has 0 aliphatic heterocycles. The molecule has 0 aliphatic rings. The summed E-state index contributed by atoms with van der Waals surface area (Å²) in [5.41, 5.74) is 6.84. The van der Waals surface area contributed by atoms with Crippen molar-refractivity contribution in [2.45, 2.75) is 38.4 Å². The molecule has 0 saturated carbocycles. The SMILES string of the molecule is CCC(C)S(=O)CCCC(=O)Nc1ccc(N)cc1OC. The Labute approximate surface area is 128 Å². The zero-order valence-electron chi connectivity index (χ0n) is 12.8. The van der Waals surface area contributed by atoms with Crippen LogP contribution >= 0.6 is 0 Å². The lowest BCUT2D eigenvalue weighted by molar-refractivity contribution is -0.116. The zero-order valence-corrected chi connectivity index (χ0v) is 13.7. The van der Waals surface area contributed by atoms with Crippen molar-refractivity contribution >= 4 is 28.1 Å². The van der Waals surface area contributed by atoms with Crippen LogP contribution in [0.5, 0.6) is 5.75 Å². The largest absolute Gasteiger partial charge is 0.494 e. The van der Waals surface area contributed by atoms with Crippen molar-refractivity contribution in [2.24, 2.45) is 0 Å². The fraction of sp³-hybridized carbons (Fsp3) is 0.533. The summed E-state index contributed by atoms with van der Waals surface area (Å²) in [6.45, 7) is 3.98. The van der Waals surface area contributed by atoms with Gasteiger partial charge in [0, 0.05) is 40.0 Å². The van der Waals surface area contributed by atoms with E-state index in [-0.39, 0.29) is 11.2 Å². The minimum Gasteiger partial charge on any atom is -0.494 e. The van der Waals surface area contributed by atoms with Gasteiger partial charge in [-0.3, -0.25) is 9.00 Å². The molecule has 0 heterocycles. The van der Waals surface area contributed by atoms with Gasteiger partial charge in [-0.25, -0.2) is 0 Å². The van der Waals surface area contributed by atoms with Crippen LogP contribution < -0.4 is 15.8 Å². The highest BCUT2D eigenvalue weighted by atomic mass is 32.2. The number of hydrogen-bond acceptors (Lipinski definition) is 4. The molecule has 1 amide bonds. The molecule has 1 aromatic rings. The van der Waals surface area contributed by atoms with Crippen molar-refractivity contribution in [2.75, 3.05) is 23.9 Å². The van der Waals surface area contributed by atoms with Gasteiger partial charge in [0.2, 0.25) is 5.91 Å². The molecule has 2 unspecified atom stereocenters. The van der Waals surface area contributed by atoms with Gasteiger partial charge in [0.15, 0.2) is 0 Å². The molecule has 0 radical (unpaired) electrons. The third kappa shape index (κ3) is 5.75. The second-order valence-corrected chi connectivity index (χ2v) is 6.89. The first kappa shape index (κ1) is 17.5. The molecule has 0 bridgehead atoms. The van der Waals surface area contributed by atoms with Gasteiger partial charge in [-0.05, 0) is 25.0 Å². The summed E-state index contributed by atoms with van der Waals surface area (Å²) in [6, 6.07) is 5.08. The maximum absolute atomic E-state index is 11.9. The van der Waals surface area contributed by atoms with Crippen LogP contribution in [0.2, 0.25) is 0 Å². The zero-order chi connectivity index (χ0) is 15.8. The van der Waals surface area contributed by atoms with Crippen LogP contribution in [0.3, 0.4) is 0 Å². The Morgan fingerprint density at radius 1 is 1.48 bits per heavy atom. The highest BCUT2D eigenvalue weighted by molar-refractivity contribution is 7.85. The van der Waals surface area contributed by atoms with E-state index < -0.39 is 10.8 Å². The van der Waals surface area contributed by atoms with Crippen molar-refractivity contribution in [1.29, 1.82) is 0 Å². The molecule has 2 atom stereocenters. The fourth-order valence-electron chi connectivity index (χ4n) is 1.79. The first-order valence-corrected chi connectivity index (χ1v) is 8.46. The summed E-state index contributed by atoms with van der Waals surface area (Å²) in [5, 5.41) is 2.97. The molecule has 1 aromatic carbocycles. The van der Waals surface area contributed by atoms with Crippen molar-refractivity contribution in [3.8, 4) is 5.75 Å². The molecule has 3 N–H and O–H groups in total. The molecule has 0 aliphatic carbocycles. The second kappa shape index (κ2) is 8.67. The number of nitrogens with one attached hydrogen (secondary N) is 1. The van der Waals surface area contributed by atoms with E-state index in [1.807, 2.05) is 13.8 Å². The Morgan fingerprint density at radius 3 is 2.81 bits per heavy atom. The van der Waals surface area contributed by atoms with Crippen molar-refractivity contribution in [1.82, 2.24) is 0 Å². The van der Waals surface area contributed by atoms with Gasteiger partial charge in [0.25, 0.3) is 0 Å². The van der Waals surface area contributed by atoms with E-state index in [0.29, 0.717) is 35.7 Å². The van der Waals surface area contributed by atoms with Gasteiger partial charge in [-0.2, -0.15) is 0 Å². The van der Waals surface area contributed by atoms with Gasteiger partial charge in [0.1, 0.15) is 5.75 Å². The highest BCUT2D eigenvalue weighted by Gasteiger charge is 2.11. The molecule has 21 heavy (non-hydrogen) atoms. The molecule has 0 saturated heterocycles. The molecule has 5 nitrogen and oxygen atoms in total.